The van der Waals surface area contributed by atoms with Gasteiger partial charge in [0.1, 0.15) is 0 Å². The molecule has 0 radical (unpaired) electrons. The summed E-state index contributed by atoms with van der Waals surface area (Å²) in [5.41, 5.74) is 0. The highest BCUT2D eigenvalue weighted by atomic mass is 14.4. The van der Waals surface area contributed by atoms with Crippen LogP contribution in [0.15, 0.2) is 24.8 Å². The molecule has 0 aromatic carbocycles. The van der Waals surface area contributed by atoms with E-state index in [1.54, 1.807) is 38.5 Å². The highest BCUT2D eigenvalue weighted by molar-refractivity contribution is 4.92. The SMILES string of the molecule is C=CCCC1CCC(/C=C/CCC2CCC(C3CCC(CCCCC)CC3)CC2)CC1. The molecule has 178 valence electrons. The van der Waals surface area contributed by atoms with Crippen molar-refractivity contribution in [3.05, 3.63) is 24.8 Å². The lowest BCUT2D eigenvalue weighted by molar-refractivity contribution is 0.140. The van der Waals surface area contributed by atoms with Gasteiger partial charge in [0, 0.05) is 0 Å². The molecule has 3 aliphatic carbocycles. The highest BCUT2D eigenvalue weighted by Crippen LogP contribution is 2.43. The molecule has 0 N–H and O–H groups in total. The molecule has 3 saturated carbocycles. The van der Waals surface area contributed by atoms with E-state index in [9.17, 15) is 0 Å². The predicted molar refractivity (Wildman–Crippen MR) is 138 cm³/mol. The third kappa shape index (κ3) is 9.09. The van der Waals surface area contributed by atoms with Crippen LogP contribution >= 0.6 is 0 Å². The van der Waals surface area contributed by atoms with Crippen molar-refractivity contribution in [1.29, 1.82) is 0 Å². The molecule has 3 aliphatic rings. The smallest absolute Gasteiger partial charge is 0.0233 e. The maximum Gasteiger partial charge on any atom is -0.0233 e. The Hall–Kier alpha value is -0.520. The summed E-state index contributed by atoms with van der Waals surface area (Å²) in [7, 11) is 0. The minimum atomic E-state index is 0.882. The van der Waals surface area contributed by atoms with Gasteiger partial charge in [0.05, 0.1) is 0 Å². The Balaban J connectivity index is 1.23. The van der Waals surface area contributed by atoms with E-state index in [0.717, 1.165) is 35.5 Å². The molecule has 0 bridgehead atoms. The summed E-state index contributed by atoms with van der Waals surface area (Å²) in [5.74, 6) is 6.14. The molecule has 0 aromatic rings. The summed E-state index contributed by atoms with van der Waals surface area (Å²) in [6.07, 6.45) is 36.6. The Kier molecular flexibility index (Phi) is 11.8. The lowest BCUT2D eigenvalue weighted by Crippen LogP contribution is -2.25. The first-order valence-corrected chi connectivity index (χ1v) is 14.6. The molecule has 0 unspecified atom stereocenters. The molecule has 0 spiro atoms. The van der Waals surface area contributed by atoms with Gasteiger partial charge in [0.25, 0.3) is 0 Å². The summed E-state index contributed by atoms with van der Waals surface area (Å²) in [6, 6.07) is 0. The van der Waals surface area contributed by atoms with Gasteiger partial charge in [0.2, 0.25) is 0 Å². The number of unbranched alkanes of at least 4 members (excludes halogenated alkanes) is 2. The second kappa shape index (κ2) is 14.6. The first kappa shape index (κ1) is 25.1. The molecule has 0 heterocycles. The van der Waals surface area contributed by atoms with E-state index in [0.29, 0.717) is 0 Å². The fraction of sp³-hybridized carbons (Fsp3) is 0.871. The normalized spacial score (nSPS) is 34.7. The number of allylic oxidation sites excluding steroid dienone is 3. The topological polar surface area (TPSA) is 0 Å². The summed E-state index contributed by atoms with van der Waals surface area (Å²) in [4.78, 5) is 0. The van der Waals surface area contributed by atoms with E-state index in [1.165, 1.54) is 89.9 Å². The van der Waals surface area contributed by atoms with Crippen LogP contribution in [0.3, 0.4) is 0 Å². The number of rotatable bonds is 12. The van der Waals surface area contributed by atoms with Gasteiger partial charge in [-0.05, 0) is 113 Å². The Morgan fingerprint density at radius 1 is 0.613 bits per heavy atom. The Morgan fingerprint density at radius 2 is 1.13 bits per heavy atom. The maximum atomic E-state index is 3.88. The largest absolute Gasteiger partial charge is 0.103 e. The van der Waals surface area contributed by atoms with Crippen LogP contribution in [-0.4, -0.2) is 0 Å². The number of hydrogen-bond donors (Lipinski definition) is 0. The van der Waals surface area contributed by atoms with Crippen LogP contribution in [0.2, 0.25) is 0 Å². The summed E-state index contributed by atoms with van der Waals surface area (Å²) < 4.78 is 0. The molecular formula is C31H54. The summed E-state index contributed by atoms with van der Waals surface area (Å²) in [5, 5.41) is 0. The van der Waals surface area contributed by atoms with E-state index in [2.05, 4.69) is 31.7 Å². The molecule has 0 heteroatoms. The van der Waals surface area contributed by atoms with Crippen molar-refractivity contribution in [2.24, 2.45) is 35.5 Å². The third-order valence-corrected chi connectivity index (χ3v) is 9.49. The molecule has 3 fully saturated rings. The zero-order valence-electron chi connectivity index (χ0n) is 21.0. The molecule has 0 aliphatic heterocycles. The molecule has 0 saturated heterocycles. The fourth-order valence-corrected chi connectivity index (χ4v) is 7.22. The van der Waals surface area contributed by atoms with Crippen LogP contribution in [0.25, 0.3) is 0 Å². The lowest BCUT2D eigenvalue weighted by Gasteiger charge is -2.38. The van der Waals surface area contributed by atoms with Gasteiger partial charge in [-0.3, -0.25) is 0 Å². The summed E-state index contributed by atoms with van der Waals surface area (Å²) in [6.45, 7) is 6.21. The zero-order chi connectivity index (χ0) is 21.7. The Bertz CT molecular complexity index is 478. The second-order valence-electron chi connectivity index (χ2n) is 11.7. The van der Waals surface area contributed by atoms with Crippen molar-refractivity contribution in [3.8, 4) is 0 Å². The van der Waals surface area contributed by atoms with E-state index in [1.807, 2.05) is 0 Å². The molecule has 0 aromatic heterocycles. The third-order valence-electron chi connectivity index (χ3n) is 9.49. The molecule has 0 atom stereocenters. The lowest BCUT2D eigenvalue weighted by atomic mass is 9.68. The monoisotopic (exact) mass is 426 g/mol. The van der Waals surface area contributed by atoms with E-state index in [4.69, 9.17) is 0 Å². The first-order valence-electron chi connectivity index (χ1n) is 14.6. The molecule has 0 amide bonds. The Morgan fingerprint density at radius 3 is 1.68 bits per heavy atom. The van der Waals surface area contributed by atoms with Crippen LogP contribution in [0.4, 0.5) is 0 Å². The van der Waals surface area contributed by atoms with Gasteiger partial charge in [-0.1, -0.05) is 76.5 Å². The van der Waals surface area contributed by atoms with Crippen molar-refractivity contribution in [3.63, 3.8) is 0 Å². The first-order chi connectivity index (χ1) is 15.3. The fourth-order valence-electron chi connectivity index (χ4n) is 7.22. The highest BCUT2D eigenvalue weighted by Gasteiger charge is 2.30. The van der Waals surface area contributed by atoms with Crippen molar-refractivity contribution in [2.75, 3.05) is 0 Å². The second-order valence-corrected chi connectivity index (χ2v) is 11.7. The van der Waals surface area contributed by atoms with Gasteiger partial charge >= 0.3 is 0 Å². The van der Waals surface area contributed by atoms with E-state index < -0.39 is 0 Å². The van der Waals surface area contributed by atoms with Gasteiger partial charge in [-0.25, -0.2) is 0 Å². The van der Waals surface area contributed by atoms with Gasteiger partial charge in [0.15, 0.2) is 0 Å². The molecule has 0 nitrogen and oxygen atoms in total. The minimum absolute atomic E-state index is 0.882. The van der Waals surface area contributed by atoms with Crippen LogP contribution < -0.4 is 0 Å². The van der Waals surface area contributed by atoms with Gasteiger partial charge in [-0.15, -0.1) is 6.58 Å². The average molecular weight is 427 g/mol. The van der Waals surface area contributed by atoms with Crippen LogP contribution in [0.1, 0.15) is 135 Å². The minimum Gasteiger partial charge on any atom is -0.103 e. The van der Waals surface area contributed by atoms with Crippen LogP contribution in [0.5, 0.6) is 0 Å². The quantitative estimate of drug-likeness (QED) is 0.215. The summed E-state index contributed by atoms with van der Waals surface area (Å²) >= 11 is 0. The standard InChI is InChI=1S/C31H54/c1-3-5-7-11-28-18-22-30(23-19-28)31-24-20-29(21-25-31)13-9-8-12-27-16-14-26(15-17-27)10-6-4-2/h4,8,12,26-31H,2-3,5-7,9-11,13-25H2,1H3/b12-8+. The maximum absolute atomic E-state index is 3.88. The predicted octanol–water partition coefficient (Wildman–Crippen LogP) is 10.3. The van der Waals surface area contributed by atoms with Crippen LogP contribution in [-0.2, 0) is 0 Å². The Labute approximate surface area is 195 Å². The van der Waals surface area contributed by atoms with Crippen molar-refractivity contribution >= 4 is 0 Å². The van der Waals surface area contributed by atoms with E-state index in [-0.39, 0.29) is 0 Å². The number of hydrogen-bond acceptors (Lipinski definition) is 0. The van der Waals surface area contributed by atoms with Crippen LogP contribution in [0, 0.1) is 35.5 Å². The average Bonchev–Trinajstić information content (AvgIpc) is 2.82. The van der Waals surface area contributed by atoms with Crippen molar-refractivity contribution in [2.45, 2.75) is 135 Å². The molecule has 3 rings (SSSR count). The van der Waals surface area contributed by atoms with Gasteiger partial charge < -0.3 is 0 Å². The molecule has 31 heavy (non-hydrogen) atoms. The van der Waals surface area contributed by atoms with Crippen molar-refractivity contribution in [1.82, 2.24) is 0 Å². The van der Waals surface area contributed by atoms with Gasteiger partial charge in [-0.2, -0.15) is 0 Å². The van der Waals surface area contributed by atoms with E-state index >= 15 is 0 Å². The molecular weight excluding hydrogens is 372 g/mol. The zero-order valence-corrected chi connectivity index (χ0v) is 21.0. The van der Waals surface area contributed by atoms with Crippen molar-refractivity contribution < 1.29 is 0 Å².